The van der Waals surface area contributed by atoms with Crippen molar-refractivity contribution in [1.29, 1.82) is 0 Å². The Hall–Kier alpha value is -0.240. The SMILES string of the molecule is CC.CCNCCOCCOCCOCCOCCNC.[HH].[HH]. The van der Waals surface area contributed by atoms with Crippen LogP contribution in [0.25, 0.3) is 0 Å². The summed E-state index contributed by atoms with van der Waals surface area (Å²) in [6.07, 6.45) is 0. The van der Waals surface area contributed by atoms with E-state index in [0.29, 0.717) is 39.6 Å². The maximum atomic E-state index is 5.36. The lowest BCUT2D eigenvalue weighted by Crippen LogP contribution is -2.20. The van der Waals surface area contributed by atoms with Crippen molar-refractivity contribution < 1.29 is 21.8 Å². The standard InChI is InChI=1S/C13H30N2O4.C2H6.2H2/c1-3-15-5-7-17-9-11-19-13-12-18-10-8-16-6-4-14-2;1-2;;/h14-15H,3-13H2,1-2H3;1-2H3;2*1H. The van der Waals surface area contributed by atoms with Crippen molar-refractivity contribution in [1.82, 2.24) is 10.6 Å². The summed E-state index contributed by atoms with van der Waals surface area (Å²) in [5.74, 6) is 0. The summed E-state index contributed by atoms with van der Waals surface area (Å²) in [6, 6.07) is 0. The quantitative estimate of drug-likeness (QED) is 0.420. The molecule has 0 spiro atoms. The van der Waals surface area contributed by atoms with Crippen molar-refractivity contribution in [2.24, 2.45) is 0 Å². The molecule has 0 aliphatic heterocycles. The normalized spacial score (nSPS) is 10.3. The molecule has 0 fully saturated rings. The van der Waals surface area contributed by atoms with Gasteiger partial charge in [0.05, 0.1) is 52.9 Å². The van der Waals surface area contributed by atoms with Gasteiger partial charge in [0.15, 0.2) is 0 Å². The molecule has 0 aliphatic carbocycles. The Labute approximate surface area is 133 Å². The average molecular weight is 312 g/mol. The summed E-state index contributed by atoms with van der Waals surface area (Å²) in [5, 5.41) is 6.20. The van der Waals surface area contributed by atoms with Gasteiger partial charge < -0.3 is 29.6 Å². The Balaban J connectivity index is -0.000000432. The molecule has 134 valence electrons. The van der Waals surface area contributed by atoms with Crippen molar-refractivity contribution in [2.75, 3.05) is 79.5 Å². The van der Waals surface area contributed by atoms with Crippen LogP contribution in [0.3, 0.4) is 0 Å². The Morgan fingerprint density at radius 3 is 1.43 bits per heavy atom. The molecule has 0 rings (SSSR count). The Morgan fingerprint density at radius 2 is 1.05 bits per heavy atom. The number of hydrogen-bond donors (Lipinski definition) is 2. The van der Waals surface area contributed by atoms with E-state index in [0.717, 1.165) is 32.8 Å². The van der Waals surface area contributed by atoms with E-state index in [9.17, 15) is 0 Å². The predicted octanol–water partition coefficient (Wildman–Crippen LogP) is 1.40. The minimum atomic E-state index is 0. The molecule has 0 amide bonds. The molecule has 0 atom stereocenters. The van der Waals surface area contributed by atoms with Gasteiger partial charge in [-0.1, -0.05) is 20.8 Å². The molecule has 0 saturated carbocycles. The summed E-state index contributed by atoms with van der Waals surface area (Å²) in [7, 11) is 1.90. The van der Waals surface area contributed by atoms with Gasteiger partial charge in [0.25, 0.3) is 0 Å². The van der Waals surface area contributed by atoms with Crippen molar-refractivity contribution in [2.45, 2.75) is 20.8 Å². The predicted molar refractivity (Wildman–Crippen MR) is 91.3 cm³/mol. The minimum absolute atomic E-state index is 0. The molecule has 0 aromatic rings. The molecule has 6 heteroatoms. The first-order valence-corrected chi connectivity index (χ1v) is 8.08. The molecule has 6 nitrogen and oxygen atoms in total. The number of hydrogen-bond acceptors (Lipinski definition) is 6. The molecule has 21 heavy (non-hydrogen) atoms. The monoisotopic (exact) mass is 312 g/mol. The Kier molecular flexibility index (Phi) is 27.2. The fraction of sp³-hybridized carbons (Fsp3) is 1.00. The molecule has 0 aromatic carbocycles. The zero-order valence-electron chi connectivity index (χ0n) is 14.4. The third-order valence-corrected chi connectivity index (χ3v) is 2.29. The fourth-order valence-corrected chi connectivity index (χ4v) is 1.26. The molecule has 0 aromatic heterocycles. The van der Waals surface area contributed by atoms with Crippen LogP contribution in [0.2, 0.25) is 0 Å². The largest absolute Gasteiger partial charge is 0.378 e. The van der Waals surface area contributed by atoms with Crippen LogP contribution in [-0.4, -0.2) is 79.5 Å². The first-order chi connectivity index (χ1) is 10.4. The van der Waals surface area contributed by atoms with Crippen molar-refractivity contribution >= 4 is 0 Å². The molecular formula is C15H40N2O4. The van der Waals surface area contributed by atoms with Crippen LogP contribution in [0.4, 0.5) is 0 Å². The van der Waals surface area contributed by atoms with Crippen molar-refractivity contribution in [3.8, 4) is 0 Å². The van der Waals surface area contributed by atoms with Crippen LogP contribution in [0, 0.1) is 0 Å². The second-order valence-corrected chi connectivity index (χ2v) is 3.91. The number of ether oxygens (including phenoxy) is 4. The van der Waals surface area contributed by atoms with Gasteiger partial charge in [-0.15, -0.1) is 0 Å². The van der Waals surface area contributed by atoms with Gasteiger partial charge in [-0.3, -0.25) is 0 Å². The number of nitrogens with one attached hydrogen (secondary N) is 2. The molecule has 0 radical (unpaired) electrons. The van der Waals surface area contributed by atoms with E-state index in [1.165, 1.54) is 0 Å². The minimum Gasteiger partial charge on any atom is -0.378 e. The zero-order chi connectivity index (χ0) is 16.0. The second-order valence-electron chi connectivity index (χ2n) is 3.91. The van der Waals surface area contributed by atoms with Crippen LogP contribution >= 0.6 is 0 Å². The van der Waals surface area contributed by atoms with Crippen LogP contribution in [0.1, 0.15) is 23.6 Å². The molecule has 0 saturated heterocycles. The summed E-state index contributed by atoms with van der Waals surface area (Å²) in [6.45, 7) is 14.0. The van der Waals surface area contributed by atoms with Crippen molar-refractivity contribution in [3.63, 3.8) is 0 Å². The molecule has 2 N–H and O–H groups in total. The Morgan fingerprint density at radius 1 is 0.667 bits per heavy atom. The first kappa shape index (κ1) is 23.0. The van der Waals surface area contributed by atoms with E-state index in [-0.39, 0.29) is 2.85 Å². The fourth-order valence-electron chi connectivity index (χ4n) is 1.26. The van der Waals surface area contributed by atoms with E-state index in [1.54, 1.807) is 0 Å². The van der Waals surface area contributed by atoms with Gasteiger partial charge in [-0.2, -0.15) is 0 Å². The number of rotatable bonds is 16. The second kappa shape index (κ2) is 24.8. The topological polar surface area (TPSA) is 61.0 Å². The van der Waals surface area contributed by atoms with E-state index >= 15 is 0 Å². The summed E-state index contributed by atoms with van der Waals surface area (Å²) in [5.41, 5.74) is 0. The molecule has 0 aliphatic rings. The summed E-state index contributed by atoms with van der Waals surface area (Å²) >= 11 is 0. The summed E-state index contributed by atoms with van der Waals surface area (Å²) in [4.78, 5) is 0. The highest BCUT2D eigenvalue weighted by molar-refractivity contribution is 4.40. The maximum Gasteiger partial charge on any atom is 0.0701 e. The summed E-state index contributed by atoms with van der Waals surface area (Å²) < 4.78 is 21.4. The van der Waals surface area contributed by atoms with E-state index in [4.69, 9.17) is 18.9 Å². The lowest BCUT2D eigenvalue weighted by atomic mass is 10.6. The number of likely N-dealkylation sites (N-methyl/N-ethyl adjacent to an activating group) is 2. The third kappa shape index (κ3) is 25.1. The van der Waals surface area contributed by atoms with Crippen LogP contribution in [0.5, 0.6) is 0 Å². The van der Waals surface area contributed by atoms with E-state index in [1.807, 2.05) is 20.9 Å². The van der Waals surface area contributed by atoms with Crippen LogP contribution in [-0.2, 0) is 18.9 Å². The first-order valence-electron chi connectivity index (χ1n) is 8.08. The van der Waals surface area contributed by atoms with Gasteiger partial charge in [0.1, 0.15) is 0 Å². The zero-order valence-corrected chi connectivity index (χ0v) is 14.4. The van der Waals surface area contributed by atoms with Crippen LogP contribution in [0.15, 0.2) is 0 Å². The van der Waals surface area contributed by atoms with E-state index in [2.05, 4.69) is 17.6 Å². The average Bonchev–Trinajstić information content (AvgIpc) is 2.53. The lowest BCUT2D eigenvalue weighted by molar-refractivity contribution is -0.000960. The van der Waals surface area contributed by atoms with Gasteiger partial charge in [0, 0.05) is 15.9 Å². The van der Waals surface area contributed by atoms with E-state index < -0.39 is 0 Å². The smallest absolute Gasteiger partial charge is 0.0701 e. The van der Waals surface area contributed by atoms with Gasteiger partial charge >= 0.3 is 0 Å². The van der Waals surface area contributed by atoms with Gasteiger partial charge in [0.2, 0.25) is 0 Å². The van der Waals surface area contributed by atoms with Crippen LogP contribution < -0.4 is 10.6 Å². The molecule has 0 heterocycles. The molecule has 0 bridgehead atoms. The highest BCUT2D eigenvalue weighted by atomic mass is 16.6. The molecule has 0 unspecified atom stereocenters. The third-order valence-electron chi connectivity index (χ3n) is 2.29. The highest BCUT2D eigenvalue weighted by Crippen LogP contribution is 1.82. The maximum absolute atomic E-state index is 5.36. The van der Waals surface area contributed by atoms with Gasteiger partial charge in [-0.05, 0) is 13.6 Å². The lowest BCUT2D eigenvalue weighted by Gasteiger charge is -2.07. The van der Waals surface area contributed by atoms with Crippen molar-refractivity contribution in [3.05, 3.63) is 0 Å². The van der Waals surface area contributed by atoms with Gasteiger partial charge in [-0.25, -0.2) is 0 Å². The Bertz CT molecular complexity index is 156. The highest BCUT2D eigenvalue weighted by Gasteiger charge is 1.92. The molecular weight excluding hydrogens is 272 g/mol.